The maximum Gasteiger partial charge on any atom is 0.224 e. The quantitative estimate of drug-likeness (QED) is 0.0760. The number of nitrogens with one attached hydrogen (secondary N) is 2. The van der Waals surface area contributed by atoms with Crippen LogP contribution in [0.1, 0.15) is 223 Å². The number of hydrogen-bond donors (Lipinski definition) is 2. The van der Waals surface area contributed by atoms with Crippen molar-refractivity contribution in [3.8, 4) is 0 Å². The zero-order chi connectivity index (χ0) is 34.4. The third-order valence-electron chi connectivity index (χ3n) is 10.1. The predicted molar refractivity (Wildman–Crippen MR) is 208 cm³/mol. The van der Waals surface area contributed by atoms with Gasteiger partial charge in [-0.05, 0) is 56.4 Å². The van der Waals surface area contributed by atoms with Crippen molar-refractivity contribution < 1.29 is 9.59 Å². The minimum atomic E-state index is 0.0976. The lowest BCUT2D eigenvalue weighted by atomic mass is 10.0. The van der Waals surface area contributed by atoms with E-state index in [-0.39, 0.29) is 11.8 Å². The summed E-state index contributed by atoms with van der Waals surface area (Å²) in [6, 6.07) is 2.02. The molecule has 0 atom stereocenters. The van der Waals surface area contributed by atoms with Gasteiger partial charge in [-0.3, -0.25) is 9.59 Å². The molecule has 0 spiro atoms. The largest absolute Gasteiger partial charge is 0.326 e. The molecule has 0 aliphatic heterocycles. The van der Waals surface area contributed by atoms with Gasteiger partial charge in [0.25, 0.3) is 0 Å². The summed E-state index contributed by atoms with van der Waals surface area (Å²) >= 11 is 0. The van der Waals surface area contributed by atoms with E-state index in [4.69, 9.17) is 0 Å². The van der Waals surface area contributed by atoms with E-state index in [0.29, 0.717) is 12.8 Å². The van der Waals surface area contributed by atoms with Gasteiger partial charge in [0.2, 0.25) is 11.8 Å². The van der Waals surface area contributed by atoms with E-state index in [9.17, 15) is 9.59 Å². The van der Waals surface area contributed by atoms with Crippen molar-refractivity contribution in [3.63, 3.8) is 0 Å². The highest BCUT2D eigenvalue weighted by molar-refractivity contribution is 5.95. The summed E-state index contributed by atoms with van der Waals surface area (Å²) in [7, 11) is 0. The van der Waals surface area contributed by atoms with Crippen molar-refractivity contribution in [1.82, 2.24) is 0 Å². The number of hydrogen-bond acceptors (Lipinski definition) is 2. The van der Waals surface area contributed by atoms with Crippen LogP contribution in [0.2, 0.25) is 0 Å². The lowest BCUT2D eigenvalue weighted by molar-refractivity contribution is -0.117. The van der Waals surface area contributed by atoms with Crippen molar-refractivity contribution in [1.29, 1.82) is 0 Å². The molecule has 0 aliphatic rings. The van der Waals surface area contributed by atoms with Crippen LogP contribution in [-0.4, -0.2) is 11.8 Å². The molecule has 47 heavy (non-hydrogen) atoms. The Bertz CT molecular complexity index is 925. The summed E-state index contributed by atoms with van der Waals surface area (Å²) in [6.45, 7) is 10.7. The van der Waals surface area contributed by atoms with E-state index in [0.717, 1.165) is 53.7 Å². The Morgan fingerprint density at radius 3 is 1.06 bits per heavy atom. The van der Waals surface area contributed by atoms with Gasteiger partial charge in [-0.15, -0.1) is 0 Å². The molecule has 1 rings (SSSR count). The number of aryl methyl sites for hydroxylation is 1. The lowest BCUT2D eigenvalue weighted by Crippen LogP contribution is -2.16. The topological polar surface area (TPSA) is 58.2 Å². The van der Waals surface area contributed by atoms with Gasteiger partial charge >= 0.3 is 0 Å². The normalized spacial score (nSPS) is 11.3. The number of anilines is 2. The average molecular weight is 655 g/mol. The van der Waals surface area contributed by atoms with Crippen molar-refractivity contribution in [2.45, 2.75) is 227 Å². The molecule has 1 aromatic rings. The fourth-order valence-electron chi connectivity index (χ4n) is 6.78. The van der Waals surface area contributed by atoms with Gasteiger partial charge in [0, 0.05) is 24.2 Å². The fourth-order valence-corrected chi connectivity index (χ4v) is 6.78. The molecule has 0 saturated heterocycles. The molecule has 0 radical (unpaired) electrons. The third-order valence-corrected chi connectivity index (χ3v) is 10.1. The highest BCUT2D eigenvalue weighted by atomic mass is 16.2. The van der Waals surface area contributed by atoms with E-state index in [1.807, 2.05) is 26.8 Å². The Morgan fingerprint density at radius 1 is 0.426 bits per heavy atom. The smallest absolute Gasteiger partial charge is 0.224 e. The van der Waals surface area contributed by atoms with E-state index >= 15 is 0 Å². The van der Waals surface area contributed by atoms with Crippen LogP contribution in [0.15, 0.2) is 6.07 Å². The Labute approximate surface area is 292 Å². The highest BCUT2D eigenvalue weighted by Crippen LogP contribution is 2.30. The van der Waals surface area contributed by atoms with Crippen molar-refractivity contribution >= 4 is 23.2 Å². The molecular weight excluding hydrogens is 576 g/mol. The lowest BCUT2D eigenvalue weighted by Gasteiger charge is -2.18. The summed E-state index contributed by atoms with van der Waals surface area (Å²) in [4.78, 5) is 25.4. The summed E-state index contributed by atoms with van der Waals surface area (Å²) < 4.78 is 0. The summed E-state index contributed by atoms with van der Waals surface area (Å²) in [5, 5.41) is 6.33. The number of carbonyl (C=O) groups excluding carboxylic acids is 2. The van der Waals surface area contributed by atoms with Gasteiger partial charge in [0.1, 0.15) is 0 Å². The van der Waals surface area contributed by atoms with Crippen molar-refractivity contribution in [2.75, 3.05) is 10.6 Å². The second-order valence-corrected chi connectivity index (χ2v) is 14.7. The molecule has 2 amide bonds. The van der Waals surface area contributed by atoms with Crippen LogP contribution in [0.4, 0.5) is 11.4 Å². The minimum absolute atomic E-state index is 0.0976. The van der Waals surface area contributed by atoms with Crippen LogP contribution in [0.3, 0.4) is 0 Å². The van der Waals surface area contributed by atoms with Crippen LogP contribution < -0.4 is 10.6 Å². The van der Waals surface area contributed by atoms with Crippen LogP contribution in [0.5, 0.6) is 0 Å². The van der Waals surface area contributed by atoms with Crippen LogP contribution in [-0.2, 0) is 9.59 Å². The molecule has 4 heteroatoms. The molecule has 4 nitrogen and oxygen atoms in total. The fraction of sp³-hybridized carbons (Fsp3) is 0.814. The first-order valence-corrected chi connectivity index (χ1v) is 20.6. The van der Waals surface area contributed by atoms with E-state index in [2.05, 4.69) is 24.5 Å². The molecule has 0 saturated carbocycles. The number of rotatable bonds is 32. The Balaban J connectivity index is 2.15. The number of benzene rings is 1. The highest BCUT2D eigenvalue weighted by Gasteiger charge is 2.14. The van der Waals surface area contributed by atoms with Crippen molar-refractivity contribution in [2.24, 2.45) is 0 Å². The van der Waals surface area contributed by atoms with Crippen LogP contribution in [0.25, 0.3) is 0 Å². The molecule has 0 aliphatic carbocycles. The number of amides is 2. The third kappa shape index (κ3) is 23.2. The standard InChI is InChI=1S/C43H78N2O2/c1-6-8-10-12-14-16-18-20-22-24-26-28-30-32-34-41(46)44-40-36-37(3)43(39(5)38(40)4)45-42(47)35-33-31-29-27-25-23-21-19-17-15-13-11-9-7-2/h36H,6-35H2,1-5H3,(H,44,46)(H,45,47). The van der Waals surface area contributed by atoms with Gasteiger partial charge in [0.15, 0.2) is 0 Å². The minimum Gasteiger partial charge on any atom is -0.326 e. The molecular formula is C43H78N2O2. The second-order valence-electron chi connectivity index (χ2n) is 14.7. The zero-order valence-electron chi connectivity index (χ0n) is 32.1. The summed E-state index contributed by atoms with van der Waals surface area (Å²) in [5.74, 6) is 0.199. The Morgan fingerprint density at radius 2 is 0.723 bits per heavy atom. The van der Waals surface area contributed by atoms with Gasteiger partial charge in [-0.2, -0.15) is 0 Å². The first kappa shape index (κ1) is 43.2. The zero-order valence-corrected chi connectivity index (χ0v) is 32.1. The molecule has 272 valence electrons. The van der Waals surface area contributed by atoms with Gasteiger partial charge in [-0.25, -0.2) is 0 Å². The van der Waals surface area contributed by atoms with Gasteiger partial charge in [-0.1, -0.05) is 181 Å². The Kier molecular flexibility index (Phi) is 27.8. The van der Waals surface area contributed by atoms with Crippen LogP contribution in [0, 0.1) is 20.8 Å². The number of carbonyl (C=O) groups is 2. The maximum absolute atomic E-state index is 12.7. The van der Waals surface area contributed by atoms with Crippen LogP contribution >= 0.6 is 0 Å². The van der Waals surface area contributed by atoms with E-state index in [1.165, 1.54) is 154 Å². The first-order chi connectivity index (χ1) is 22.9. The first-order valence-electron chi connectivity index (χ1n) is 20.6. The molecule has 1 aromatic carbocycles. The molecule has 0 fully saturated rings. The summed E-state index contributed by atoms with van der Waals surface area (Å²) in [6.07, 6.45) is 38.1. The van der Waals surface area contributed by atoms with E-state index < -0.39 is 0 Å². The average Bonchev–Trinajstić information content (AvgIpc) is 3.05. The maximum atomic E-state index is 12.7. The van der Waals surface area contributed by atoms with E-state index in [1.54, 1.807) is 0 Å². The molecule has 0 bridgehead atoms. The molecule has 0 unspecified atom stereocenters. The SMILES string of the molecule is CCCCCCCCCCCCCCCCC(=O)Nc1cc(C)c(NC(=O)CCCCCCCCCCCCCCCC)c(C)c1C. The summed E-state index contributed by atoms with van der Waals surface area (Å²) in [5.41, 5.74) is 4.88. The van der Waals surface area contributed by atoms with Crippen molar-refractivity contribution in [3.05, 3.63) is 22.8 Å². The molecule has 2 N–H and O–H groups in total. The number of unbranched alkanes of at least 4 members (excludes halogenated alkanes) is 26. The predicted octanol–water partition coefficient (Wildman–Crippen LogP) is 14.2. The molecule has 0 aromatic heterocycles. The monoisotopic (exact) mass is 655 g/mol. The van der Waals surface area contributed by atoms with Gasteiger partial charge < -0.3 is 10.6 Å². The second kappa shape index (κ2) is 30.2. The molecule has 0 heterocycles. The van der Waals surface area contributed by atoms with Gasteiger partial charge in [0.05, 0.1) is 0 Å². The Hall–Kier alpha value is -1.84.